The van der Waals surface area contributed by atoms with E-state index < -0.39 is 22.7 Å². The van der Waals surface area contributed by atoms with Crippen molar-refractivity contribution in [2.45, 2.75) is 57.3 Å². The molecule has 2 fully saturated rings. The van der Waals surface area contributed by atoms with Gasteiger partial charge in [0.2, 0.25) is 0 Å². The van der Waals surface area contributed by atoms with Crippen LogP contribution in [0.25, 0.3) is 0 Å². The monoisotopic (exact) mass is 396 g/mol. The summed E-state index contributed by atoms with van der Waals surface area (Å²) in [5.74, 6) is -1.53. The predicted octanol–water partition coefficient (Wildman–Crippen LogP) is 3.46. The minimum atomic E-state index is -1.32. The second-order valence-electron chi connectivity index (χ2n) is 9.36. The van der Waals surface area contributed by atoms with Crippen molar-refractivity contribution < 1.29 is 29.3 Å². The molecular weight excluding hydrogens is 372 g/mol. The average Bonchev–Trinajstić information content (AvgIpc) is 2.77. The minimum absolute atomic E-state index is 0.0224. The largest absolute Gasteiger partial charge is 0.508 e. The number of fused-ring (bicyclic) bond motifs is 1. The van der Waals surface area contributed by atoms with E-state index in [4.69, 9.17) is 9.47 Å². The molecule has 6 nitrogen and oxygen atoms in total. The molecule has 6 rings (SSSR count). The van der Waals surface area contributed by atoms with Crippen LogP contribution in [0.5, 0.6) is 17.2 Å². The number of ether oxygens (including phenoxy) is 2. The molecule has 1 aromatic carbocycles. The van der Waals surface area contributed by atoms with Gasteiger partial charge in [-0.2, -0.15) is 0 Å². The highest BCUT2D eigenvalue weighted by atomic mass is 16.6. The topological polar surface area (TPSA) is 93.1 Å². The van der Waals surface area contributed by atoms with Crippen LogP contribution in [0.1, 0.15) is 50.9 Å². The molecule has 1 spiro atoms. The first-order valence-electron chi connectivity index (χ1n) is 9.93. The van der Waals surface area contributed by atoms with Gasteiger partial charge in [0.25, 0.3) is 0 Å². The predicted molar refractivity (Wildman–Crippen MR) is 104 cm³/mol. The van der Waals surface area contributed by atoms with Gasteiger partial charge in [0.15, 0.2) is 22.8 Å². The Morgan fingerprint density at radius 2 is 1.97 bits per heavy atom. The van der Waals surface area contributed by atoms with Gasteiger partial charge in [-0.3, -0.25) is 9.59 Å². The zero-order valence-corrected chi connectivity index (χ0v) is 16.9. The van der Waals surface area contributed by atoms with E-state index in [-0.39, 0.29) is 40.3 Å². The Morgan fingerprint density at radius 1 is 1.24 bits per heavy atom. The van der Waals surface area contributed by atoms with Crippen molar-refractivity contribution in [1.82, 2.24) is 0 Å². The van der Waals surface area contributed by atoms with Gasteiger partial charge in [0.05, 0.1) is 5.60 Å². The molecule has 2 aliphatic heterocycles. The molecule has 5 aliphatic rings. The molecule has 4 bridgehead atoms. The Morgan fingerprint density at radius 3 is 2.66 bits per heavy atom. The number of benzene rings is 1. The van der Waals surface area contributed by atoms with Gasteiger partial charge in [0.1, 0.15) is 22.8 Å². The van der Waals surface area contributed by atoms with Crippen molar-refractivity contribution in [2.24, 2.45) is 11.8 Å². The molecule has 6 heteroatoms. The van der Waals surface area contributed by atoms with E-state index in [1.165, 1.54) is 6.07 Å². The number of carbonyl (C=O) groups is 2. The summed E-state index contributed by atoms with van der Waals surface area (Å²) in [4.78, 5) is 27.1. The number of ketones is 2. The van der Waals surface area contributed by atoms with Crippen LogP contribution >= 0.6 is 0 Å². The fourth-order valence-corrected chi connectivity index (χ4v) is 5.88. The number of carbonyl (C=O) groups excluding carboxylic acids is 2. The maximum atomic E-state index is 13.6. The molecule has 1 unspecified atom stereocenters. The number of aromatic hydroxyl groups is 2. The molecule has 4 atom stereocenters. The molecular formula is C23H24O6. The van der Waals surface area contributed by atoms with Crippen molar-refractivity contribution in [2.75, 3.05) is 0 Å². The van der Waals surface area contributed by atoms with Crippen LogP contribution in [-0.2, 0) is 9.53 Å². The summed E-state index contributed by atoms with van der Waals surface area (Å²) < 4.78 is 13.0. The SMILES string of the molecule is CC(C)=CCC12OC(C)(C)[C@@H]3C[C@@H](C=C4C(=O)c5c(O)cc(O)cc5O[C@]431)C2=O. The highest BCUT2D eigenvalue weighted by molar-refractivity contribution is 6.18. The number of hydrogen-bond donors (Lipinski definition) is 2. The zero-order chi connectivity index (χ0) is 20.9. The highest BCUT2D eigenvalue weighted by Gasteiger charge is 2.81. The second-order valence-corrected chi connectivity index (χ2v) is 9.36. The summed E-state index contributed by atoms with van der Waals surface area (Å²) in [6.07, 6.45) is 4.50. The van der Waals surface area contributed by atoms with Gasteiger partial charge >= 0.3 is 0 Å². The van der Waals surface area contributed by atoms with Crippen LogP contribution in [0.15, 0.2) is 35.4 Å². The summed E-state index contributed by atoms with van der Waals surface area (Å²) in [6.45, 7) is 7.77. The zero-order valence-electron chi connectivity index (χ0n) is 16.9. The lowest BCUT2D eigenvalue weighted by Crippen LogP contribution is -2.72. The molecule has 0 aromatic heterocycles. The third-order valence-corrected chi connectivity index (χ3v) is 6.97. The molecule has 2 heterocycles. The van der Waals surface area contributed by atoms with E-state index in [2.05, 4.69) is 0 Å². The first-order valence-corrected chi connectivity index (χ1v) is 9.93. The van der Waals surface area contributed by atoms with Crippen LogP contribution in [0, 0.1) is 11.8 Å². The van der Waals surface area contributed by atoms with E-state index in [9.17, 15) is 19.8 Å². The molecule has 2 N–H and O–H groups in total. The summed E-state index contributed by atoms with van der Waals surface area (Å²) >= 11 is 0. The Balaban J connectivity index is 1.82. The molecule has 152 valence electrons. The molecule has 0 radical (unpaired) electrons. The maximum Gasteiger partial charge on any atom is 0.200 e. The number of Topliss-reactive ketones (excluding diaryl/α,β-unsaturated/α-hetero) is 2. The van der Waals surface area contributed by atoms with E-state index in [1.54, 1.807) is 6.08 Å². The number of allylic oxidation sites excluding steroid dienone is 2. The summed E-state index contributed by atoms with van der Waals surface area (Å²) in [7, 11) is 0. The first kappa shape index (κ1) is 18.4. The average molecular weight is 396 g/mol. The van der Waals surface area contributed by atoms with Gasteiger partial charge in [-0.1, -0.05) is 17.7 Å². The number of phenolic OH excluding ortho intramolecular Hbond substituents is 2. The van der Waals surface area contributed by atoms with Crippen LogP contribution < -0.4 is 4.74 Å². The van der Waals surface area contributed by atoms with Crippen molar-refractivity contribution in [3.8, 4) is 17.2 Å². The fourth-order valence-electron chi connectivity index (χ4n) is 5.88. The van der Waals surface area contributed by atoms with Gasteiger partial charge in [0, 0.05) is 36.0 Å². The highest BCUT2D eigenvalue weighted by Crippen LogP contribution is 2.67. The Bertz CT molecular complexity index is 1040. The van der Waals surface area contributed by atoms with Crippen molar-refractivity contribution in [1.29, 1.82) is 0 Å². The molecule has 1 saturated carbocycles. The summed E-state index contributed by atoms with van der Waals surface area (Å²) in [5, 5.41) is 20.3. The molecule has 1 aromatic rings. The van der Waals surface area contributed by atoms with E-state index >= 15 is 0 Å². The standard InChI is InChI=1S/C23H24O6/c1-11(2)5-6-22-20(27)12-7-14-19(26)18-15(25)9-13(24)10-16(18)28-23(14,22)17(8-12)21(3,4)29-22/h5,7,9-10,12,17,24-25H,6,8H2,1-4H3/t12-,17+,22?,23-/m1/s1. The molecule has 0 amide bonds. The van der Waals surface area contributed by atoms with Crippen LogP contribution in [-0.4, -0.2) is 38.6 Å². The van der Waals surface area contributed by atoms with Gasteiger partial charge < -0.3 is 19.7 Å². The number of phenols is 2. The van der Waals surface area contributed by atoms with Gasteiger partial charge in [-0.15, -0.1) is 0 Å². The number of rotatable bonds is 2. The lowest BCUT2D eigenvalue weighted by atomic mass is 9.51. The lowest BCUT2D eigenvalue weighted by molar-refractivity contribution is -0.171. The van der Waals surface area contributed by atoms with Gasteiger partial charge in [-0.05, 0) is 34.1 Å². The smallest absolute Gasteiger partial charge is 0.200 e. The van der Waals surface area contributed by atoms with E-state index in [1.807, 2.05) is 33.8 Å². The van der Waals surface area contributed by atoms with Crippen LogP contribution in [0.4, 0.5) is 0 Å². The van der Waals surface area contributed by atoms with Crippen molar-refractivity contribution >= 4 is 11.6 Å². The van der Waals surface area contributed by atoms with Crippen molar-refractivity contribution in [3.63, 3.8) is 0 Å². The quantitative estimate of drug-likeness (QED) is 0.744. The third-order valence-electron chi connectivity index (χ3n) is 6.97. The minimum Gasteiger partial charge on any atom is -0.508 e. The Labute approximate surface area is 168 Å². The fraction of sp³-hybridized carbons (Fsp3) is 0.478. The third kappa shape index (κ3) is 2.00. The number of hydrogen-bond acceptors (Lipinski definition) is 6. The maximum absolute atomic E-state index is 13.6. The van der Waals surface area contributed by atoms with Crippen LogP contribution in [0.3, 0.4) is 0 Å². The second kappa shape index (κ2) is 5.30. The van der Waals surface area contributed by atoms with Crippen LogP contribution in [0.2, 0.25) is 0 Å². The molecule has 3 aliphatic carbocycles. The van der Waals surface area contributed by atoms with E-state index in [0.717, 1.165) is 11.6 Å². The summed E-state index contributed by atoms with van der Waals surface area (Å²) in [5.41, 5.74) is -1.83. The molecule has 29 heavy (non-hydrogen) atoms. The molecule has 1 saturated heterocycles. The van der Waals surface area contributed by atoms with Gasteiger partial charge in [-0.25, -0.2) is 0 Å². The van der Waals surface area contributed by atoms with E-state index in [0.29, 0.717) is 18.4 Å². The first-order chi connectivity index (χ1) is 13.5. The normalized spacial score (nSPS) is 35.5. The lowest BCUT2D eigenvalue weighted by Gasteiger charge is -2.56. The Hall–Kier alpha value is -2.60. The van der Waals surface area contributed by atoms with Crippen molar-refractivity contribution in [3.05, 3.63) is 41.0 Å². The summed E-state index contributed by atoms with van der Waals surface area (Å²) in [6, 6.07) is 2.45. The Kier molecular flexibility index (Phi) is 3.37.